The van der Waals surface area contributed by atoms with E-state index in [-0.39, 0.29) is 5.91 Å². The number of nitrogens with zero attached hydrogens (tertiary/aromatic N) is 1. The second kappa shape index (κ2) is 6.43. The Hall–Kier alpha value is -1.75. The molecule has 1 heterocycles. The summed E-state index contributed by atoms with van der Waals surface area (Å²) in [4.78, 5) is 13.3. The number of amides is 1. The number of hydrogen-bond donors (Lipinski definition) is 1. The minimum atomic E-state index is 0.0973. The predicted molar refractivity (Wildman–Crippen MR) is 72.4 cm³/mol. The summed E-state index contributed by atoms with van der Waals surface area (Å²) in [5.41, 5.74) is 1.08. The van der Waals surface area contributed by atoms with E-state index in [0.29, 0.717) is 26.3 Å². The van der Waals surface area contributed by atoms with Crippen molar-refractivity contribution in [2.45, 2.75) is 13.5 Å². The predicted octanol–water partition coefficient (Wildman–Crippen LogP) is 1.03. The van der Waals surface area contributed by atoms with Crippen LogP contribution in [0.2, 0.25) is 0 Å². The first-order valence-corrected chi connectivity index (χ1v) is 6.54. The molecule has 1 aliphatic rings. The van der Waals surface area contributed by atoms with E-state index in [4.69, 9.17) is 9.47 Å². The molecule has 0 atom stereocenters. The van der Waals surface area contributed by atoms with Gasteiger partial charge >= 0.3 is 0 Å². The zero-order valence-electron chi connectivity index (χ0n) is 11.4. The molecule has 2 rings (SSSR count). The van der Waals surface area contributed by atoms with Gasteiger partial charge in [0.2, 0.25) is 5.91 Å². The molecule has 5 heteroatoms. The van der Waals surface area contributed by atoms with E-state index >= 15 is 0 Å². The topological polar surface area (TPSA) is 50.8 Å². The molecule has 0 saturated heterocycles. The summed E-state index contributed by atoms with van der Waals surface area (Å²) in [7, 11) is 1.80. The molecule has 0 unspecified atom stereocenters. The third kappa shape index (κ3) is 3.61. The van der Waals surface area contributed by atoms with Crippen molar-refractivity contribution in [2.24, 2.45) is 0 Å². The number of carbonyl (C=O) groups excluding carboxylic acids is 1. The molecule has 19 heavy (non-hydrogen) atoms. The van der Waals surface area contributed by atoms with Gasteiger partial charge in [-0.25, -0.2) is 0 Å². The Kier molecular flexibility index (Phi) is 4.63. The molecule has 0 saturated carbocycles. The van der Waals surface area contributed by atoms with Crippen LogP contribution < -0.4 is 14.8 Å². The third-order valence-electron chi connectivity index (χ3n) is 3.11. The number of hydrogen-bond acceptors (Lipinski definition) is 4. The molecule has 0 radical (unpaired) electrons. The summed E-state index contributed by atoms with van der Waals surface area (Å²) in [6, 6.07) is 5.84. The van der Waals surface area contributed by atoms with Gasteiger partial charge in [-0.2, -0.15) is 0 Å². The fraction of sp³-hybridized carbons (Fsp3) is 0.500. The molecule has 0 aliphatic carbocycles. The highest BCUT2D eigenvalue weighted by molar-refractivity contribution is 5.77. The van der Waals surface area contributed by atoms with Gasteiger partial charge in [0.05, 0.1) is 6.54 Å². The maximum Gasteiger partial charge on any atom is 0.236 e. The number of carbonyl (C=O) groups is 1. The zero-order chi connectivity index (χ0) is 13.7. The van der Waals surface area contributed by atoms with Crippen LogP contribution in [0.15, 0.2) is 18.2 Å². The van der Waals surface area contributed by atoms with Crippen LogP contribution >= 0.6 is 0 Å². The van der Waals surface area contributed by atoms with Crippen molar-refractivity contribution in [1.29, 1.82) is 0 Å². The molecule has 1 aromatic rings. The van der Waals surface area contributed by atoms with Crippen molar-refractivity contribution >= 4 is 5.91 Å². The Morgan fingerprint density at radius 1 is 1.32 bits per heavy atom. The van der Waals surface area contributed by atoms with Crippen LogP contribution in [-0.2, 0) is 11.3 Å². The molecule has 104 valence electrons. The lowest BCUT2D eigenvalue weighted by Gasteiger charge is -2.19. The maximum absolute atomic E-state index is 11.6. The summed E-state index contributed by atoms with van der Waals surface area (Å²) < 4.78 is 11.0. The largest absolute Gasteiger partial charge is 0.486 e. The highest BCUT2D eigenvalue weighted by Crippen LogP contribution is 2.30. The summed E-state index contributed by atoms with van der Waals surface area (Å²) in [5, 5.41) is 3.14. The van der Waals surface area contributed by atoms with Gasteiger partial charge in [0.25, 0.3) is 0 Å². The lowest BCUT2D eigenvalue weighted by Crippen LogP contribution is -2.35. The van der Waals surface area contributed by atoms with E-state index in [1.54, 1.807) is 11.9 Å². The Balaban J connectivity index is 1.85. The van der Waals surface area contributed by atoms with Crippen LogP contribution in [0.3, 0.4) is 0 Å². The minimum Gasteiger partial charge on any atom is -0.486 e. The molecule has 1 amide bonds. The van der Waals surface area contributed by atoms with Crippen LogP contribution in [0.1, 0.15) is 12.5 Å². The molecule has 0 aromatic heterocycles. The second-order valence-electron chi connectivity index (χ2n) is 4.49. The molecular formula is C14H20N2O3. The van der Waals surface area contributed by atoms with Gasteiger partial charge in [-0.05, 0) is 24.6 Å². The van der Waals surface area contributed by atoms with Gasteiger partial charge < -0.3 is 19.7 Å². The van der Waals surface area contributed by atoms with Crippen molar-refractivity contribution in [3.8, 4) is 11.5 Å². The van der Waals surface area contributed by atoms with Crippen LogP contribution in [0.5, 0.6) is 11.5 Å². The fourth-order valence-corrected chi connectivity index (χ4v) is 1.82. The van der Waals surface area contributed by atoms with Crippen molar-refractivity contribution in [1.82, 2.24) is 10.2 Å². The maximum atomic E-state index is 11.6. The van der Waals surface area contributed by atoms with Crippen molar-refractivity contribution in [2.75, 3.05) is 33.4 Å². The first-order valence-electron chi connectivity index (χ1n) is 6.54. The Morgan fingerprint density at radius 2 is 2.05 bits per heavy atom. The normalized spacial score (nSPS) is 13.2. The molecule has 1 N–H and O–H groups in total. The Morgan fingerprint density at radius 3 is 2.79 bits per heavy atom. The molecule has 0 spiro atoms. The first-order chi connectivity index (χ1) is 9.20. The standard InChI is InChI=1S/C14H20N2O3/c1-3-16(2)14(17)10-15-9-11-4-5-12-13(8-11)19-7-6-18-12/h4-5,8,15H,3,6-7,9-10H2,1-2H3. The number of ether oxygens (including phenoxy) is 2. The summed E-state index contributed by atoms with van der Waals surface area (Å²) in [6.45, 7) is 4.86. The van der Waals surface area contributed by atoms with Crippen LogP contribution in [0.25, 0.3) is 0 Å². The smallest absolute Gasteiger partial charge is 0.236 e. The quantitative estimate of drug-likeness (QED) is 0.863. The number of benzene rings is 1. The number of fused-ring (bicyclic) bond motifs is 1. The minimum absolute atomic E-state index is 0.0973. The molecule has 0 fully saturated rings. The lowest BCUT2D eigenvalue weighted by atomic mass is 10.2. The van der Waals surface area contributed by atoms with E-state index in [2.05, 4.69) is 5.32 Å². The Labute approximate surface area is 113 Å². The summed E-state index contributed by atoms with van der Waals surface area (Å²) in [5.74, 6) is 1.67. The third-order valence-corrected chi connectivity index (χ3v) is 3.11. The van der Waals surface area contributed by atoms with Gasteiger partial charge in [-0.15, -0.1) is 0 Å². The van der Waals surface area contributed by atoms with Gasteiger partial charge in [0.1, 0.15) is 13.2 Å². The average molecular weight is 264 g/mol. The zero-order valence-corrected chi connectivity index (χ0v) is 11.4. The molecule has 5 nitrogen and oxygen atoms in total. The van der Waals surface area contributed by atoms with E-state index in [0.717, 1.165) is 23.6 Å². The molecule has 1 aliphatic heterocycles. The van der Waals surface area contributed by atoms with Gasteiger partial charge in [-0.1, -0.05) is 6.07 Å². The van der Waals surface area contributed by atoms with E-state index < -0.39 is 0 Å². The summed E-state index contributed by atoms with van der Waals surface area (Å²) >= 11 is 0. The van der Waals surface area contributed by atoms with Gasteiger partial charge in [0.15, 0.2) is 11.5 Å². The molecular weight excluding hydrogens is 244 g/mol. The number of nitrogens with one attached hydrogen (secondary N) is 1. The lowest BCUT2D eigenvalue weighted by molar-refractivity contribution is -0.128. The monoisotopic (exact) mass is 264 g/mol. The molecule has 0 bridgehead atoms. The van der Waals surface area contributed by atoms with E-state index in [9.17, 15) is 4.79 Å². The van der Waals surface area contributed by atoms with Crippen LogP contribution in [0, 0.1) is 0 Å². The average Bonchev–Trinajstić information content (AvgIpc) is 2.46. The SMILES string of the molecule is CCN(C)C(=O)CNCc1ccc2c(c1)OCCO2. The van der Waals surface area contributed by atoms with Crippen LogP contribution in [-0.4, -0.2) is 44.2 Å². The second-order valence-corrected chi connectivity index (χ2v) is 4.49. The number of likely N-dealkylation sites (N-methyl/N-ethyl adjacent to an activating group) is 1. The van der Waals surface area contributed by atoms with Crippen molar-refractivity contribution in [3.63, 3.8) is 0 Å². The first kappa shape index (κ1) is 13.7. The van der Waals surface area contributed by atoms with Crippen LogP contribution in [0.4, 0.5) is 0 Å². The van der Waals surface area contributed by atoms with E-state index in [1.807, 2.05) is 25.1 Å². The van der Waals surface area contributed by atoms with Crippen molar-refractivity contribution < 1.29 is 14.3 Å². The highest BCUT2D eigenvalue weighted by Gasteiger charge is 2.12. The van der Waals surface area contributed by atoms with E-state index in [1.165, 1.54) is 0 Å². The number of rotatable bonds is 5. The van der Waals surface area contributed by atoms with Crippen molar-refractivity contribution in [3.05, 3.63) is 23.8 Å². The van der Waals surface area contributed by atoms with Gasteiger partial charge in [-0.3, -0.25) is 4.79 Å². The molecule has 1 aromatic carbocycles. The highest BCUT2D eigenvalue weighted by atomic mass is 16.6. The van der Waals surface area contributed by atoms with Gasteiger partial charge in [0, 0.05) is 20.1 Å². The fourth-order valence-electron chi connectivity index (χ4n) is 1.82. The Bertz CT molecular complexity index is 448. The summed E-state index contributed by atoms with van der Waals surface area (Å²) in [6.07, 6.45) is 0.